The molecule has 80 valence electrons. The van der Waals surface area contributed by atoms with Crippen LogP contribution in [-0.4, -0.2) is 17.9 Å². The number of non-ortho nitro benzene ring substituents is 1. The number of amides is 1. The number of rotatable bonds is 2. The molecule has 0 N–H and O–H groups in total. The Bertz CT molecular complexity index is 420. The summed E-state index contributed by atoms with van der Waals surface area (Å²) in [5.41, 5.74) is 0.441. The summed E-state index contributed by atoms with van der Waals surface area (Å²) in [6, 6.07) is 4.39. The van der Waals surface area contributed by atoms with E-state index in [0.717, 1.165) is 0 Å². The molecule has 15 heavy (non-hydrogen) atoms. The summed E-state index contributed by atoms with van der Waals surface area (Å²) in [4.78, 5) is 22.5. The Kier molecular flexibility index (Phi) is 3.41. The van der Waals surface area contributed by atoms with Gasteiger partial charge in [0.15, 0.2) is 0 Å². The second-order valence-corrected chi connectivity index (χ2v) is 3.92. The lowest BCUT2D eigenvalue weighted by molar-refractivity contribution is -0.384. The van der Waals surface area contributed by atoms with Gasteiger partial charge in [-0.25, -0.2) is 0 Å². The number of halogens is 1. The minimum Gasteiger partial charge on any atom is -0.315 e. The zero-order chi connectivity index (χ0) is 11.6. The Labute approximate surface area is 95.0 Å². The van der Waals surface area contributed by atoms with Gasteiger partial charge in [0, 0.05) is 30.6 Å². The second kappa shape index (κ2) is 4.39. The average Bonchev–Trinajstić information content (AvgIpc) is 2.15. The maximum Gasteiger partial charge on any atom is 0.272 e. The Balaban J connectivity index is 3.20. The zero-order valence-corrected chi connectivity index (χ0v) is 9.82. The van der Waals surface area contributed by atoms with Crippen molar-refractivity contribution in [2.24, 2.45) is 0 Å². The van der Waals surface area contributed by atoms with E-state index in [9.17, 15) is 14.9 Å². The predicted octanol–water partition coefficient (Wildman–Crippen LogP) is 2.34. The largest absolute Gasteiger partial charge is 0.315 e. The number of carbonyl (C=O) groups excluding carboxylic acids is 1. The molecule has 0 fully saturated rings. The van der Waals surface area contributed by atoms with Gasteiger partial charge < -0.3 is 4.90 Å². The van der Waals surface area contributed by atoms with Crippen LogP contribution in [0.15, 0.2) is 22.7 Å². The van der Waals surface area contributed by atoms with Crippen LogP contribution in [0.25, 0.3) is 0 Å². The molecule has 0 radical (unpaired) electrons. The SMILES string of the molecule is CC(=O)N(C)c1cc(Br)cc([N+](=O)[O-])c1. The molecule has 0 atom stereocenters. The van der Waals surface area contributed by atoms with E-state index in [2.05, 4.69) is 15.9 Å². The summed E-state index contributed by atoms with van der Waals surface area (Å²) in [5, 5.41) is 10.6. The van der Waals surface area contributed by atoms with Gasteiger partial charge in [-0.2, -0.15) is 0 Å². The summed E-state index contributed by atoms with van der Waals surface area (Å²) in [6.45, 7) is 1.40. The van der Waals surface area contributed by atoms with Crippen LogP contribution in [0.3, 0.4) is 0 Å². The highest BCUT2D eigenvalue weighted by Crippen LogP contribution is 2.26. The maximum absolute atomic E-state index is 11.1. The number of hydrogen-bond donors (Lipinski definition) is 0. The van der Waals surface area contributed by atoms with Gasteiger partial charge in [-0.3, -0.25) is 14.9 Å². The van der Waals surface area contributed by atoms with Crippen molar-refractivity contribution in [3.05, 3.63) is 32.8 Å². The Morgan fingerprint density at radius 1 is 1.47 bits per heavy atom. The van der Waals surface area contributed by atoms with Crippen molar-refractivity contribution in [2.75, 3.05) is 11.9 Å². The van der Waals surface area contributed by atoms with Gasteiger partial charge in [-0.05, 0) is 6.07 Å². The van der Waals surface area contributed by atoms with Crippen molar-refractivity contribution in [1.29, 1.82) is 0 Å². The first kappa shape index (κ1) is 11.6. The van der Waals surface area contributed by atoms with Crippen molar-refractivity contribution in [3.63, 3.8) is 0 Å². The first-order valence-electron chi connectivity index (χ1n) is 4.11. The first-order chi connectivity index (χ1) is 6.91. The molecule has 0 aliphatic rings. The molecular formula is C9H9BrN2O3. The van der Waals surface area contributed by atoms with Gasteiger partial charge in [0.25, 0.3) is 5.69 Å². The van der Waals surface area contributed by atoms with Crippen LogP contribution in [0.4, 0.5) is 11.4 Å². The molecule has 0 saturated carbocycles. The van der Waals surface area contributed by atoms with E-state index >= 15 is 0 Å². The fraction of sp³-hybridized carbons (Fsp3) is 0.222. The van der Waals surface area contributed by atoms with Crippen molar-refractivity contribution in [3.8, 4) is 0 Å². The van der Waals surface area contributed by atoms with Crippen LogP contribution < -0.4 is 4.90 Å². The highest BCUT2D eigenvalue weighted by atomic mass is 79.9. The van der Waals surface area contributed by atoms with Crippen molar-refractivity contribution in [1.82, 2.24) is 0 Å². The fourth-order valence-electron chi connectivity index (χ4n) is 1.04. The lowest BCUT2D eigenvalue weighted by Gasteiger charge is -2.14. The summed E-state index contributed by atoms with van der Waals surface area (Å²) in [7, 11) is 1.56. The van der Waals surface area contributed by atoms with Gasteiger partial charge in [-0.15, -0.1) is 0 Å². The second-order valence-electron chi connectivity index (χ2n) is 3.00. The Morgan fingerprint density at radius 2 is 2.07 bits per heavy atom. The van der Waals surface area contributed by atoms with Crippen molar-refractivity contribution < 1.29 is 9.72 Å². The summed E-state index contributed by atoms with van der Waals surface area (Å²) in [6.07, 6.45) is 0. The van der Waals surface area contributed by atoms with E-state index in [1.807, 2.05) is 0 Å². The van der Waals surface area contributed by atoms with Gasteiger partial charge in [0.05, 0.1) is 10.6 Å². The number of nitro groups is 1. The quantitative estimate of drug-likeness (QED) is 0.613. The predicted molar refractivity (Wildman–Crippen MR) is 59.9 cm³/mol. The van der Waals surface area contributed by atoms with Crippen LogP contribution in [0.1, 0.15) is 6.92 Å². The highest BCUT2D eigenvalue weighted by molar-refractivity contribution is 9.10. The number of nitrogens with zero attached hydrogens (tertiary/aromatic N) is 2. The van der Waals surface area contributed by atoms with Crippen LogP contribution in [0.5, 0.6) is 0 Å². The number of benzene rings is 1. The number of hydrogen-bond acceptors (Lipinski definition) is 3. The van der Waals surface area contributed by atoms with E-state index in [-0.39, 0.29) is 11.6 Å². The van der Waals surface area contributed by atoms with E-state index in [4.69, 9.17) is 0 Å². The molecule has 0 aliphatic carbocycles. The molecule has 0 heterocycles. The molecule has 0 spiro atoms. The highest BCUT2D eigenvalue weighted by Gasteiger charge is 2.12. The van der Waals surface area contributed by atoms with Gasteiger partial charge in [0.2, 0.25) is 5.91 Å². The standard InChI is InChI=1S/C9H9BrN2O3/c1-6(13)11(2)8-3-7(10)4-9(5-8)12(14)15/h3-5H,1-2H3. The topological polar surface area (TPSA) is 63.5 Å². The van der Waals surface area contributed by atoms with Crippen molar-refractivity contribution >= 4 is 33.2 Å². The zero-order valence-electron chi connectivity index (χ0n) is 8.23. The third-order valence-electron chi connectivity index (χ3n) is 1.94. The van der Waals surface area contributed by atoms with E-state index < -0.39 is 4.92 Å². The molecule has 0 saturated heterocycles. The minimum absolute atomic E-state index is 0.0486. The maximum atomic E-state index is 11.1. The average molecular weight is 273 g/mol. The molecule has 1 aromatic carbocycles. The van der Waals surface area contributed by atoms with Gasteiger partial charge in [-0.1, -0.05) is 15.9 Å². The van der Waals surface area contributed by atoms with E-state index in [1.54, 1.807) is 13.1 Å². The summed E-state index contributed by atoms with van der Waals surface area (Å²) >= 11 is 3.16. The van der Waals surface area contributed by atoms with Gasteiger partial charge in [0.1, 0.15) is 0 Å². The molecule has 5 nitrogen and oxygen atoms in total. The van der Waals surface area contributed by atoms with Crippen LogP contribution in [-0.2, 0) is 4.79 Å². The number of nitro benzene ring substituents is 1. The summed E-state index contributed by atoms with van der Waals surface area (Å²) < 4.78 is 0.569. The fourth-order valence-corrected chi connectivity index (χ4v) is 1.51. The molecule has 0 bridgehead atoms. The molecule has 6 heteroatoms. The molecule has 0 aliphatic heterocycles. The molecular weight excluding hydrogens is 264 g/mol. The normalized spacial score (nSPS) is 9.80. The minimum atomic E-state index is -0.498. The Hall–Kier alpha value is -1.43. The molecule has 0 unspecified atom stereocenters. The monoisotopic (exact) mass is 272 g/mol. The van der Waals surface area contributed by atoms with E-state index in [0.29, 0.717) is 10.2 Å². The van der Waals surface area contributed by atoms with Crippen LogP contribution in [0, 0.1) is 10.1 Å². The molecule has 1 aromatic rings. The van der Waals surface area contributed by atoms with Gasteiger partial charge >= 0.3 is 0 Å². The smallest absolute Gasteiger partial charge is 0.272 e. The molecule has 1 amide bonds. The molecule has 1 rings (SSSR count). The number of anilines is 1. The number of carbonyl (C=O) groups is 1. The Morgan fingerprint density at radius 3 is 2.53 bits per heavy atom. The van der Waals surface area contributed by atoms with Crippen molar-refractivity contribution in [2.45, 2.75) is 6.92 Å². The lowest BCUT2D eigenvalue weighted by Crippen LogP contribution is -2.22. The third-order valence-corrected chi connectivity index (χ3v) is 2.40. The third kappa shape index (κ3) is 2.76. The summed E-state index contributed by atoms with van der Waals surface area (Å²) in [5.74, 6) is -0.178. The van der Waals surface area contributed by atoms with E-state index in [1.165, 1.54) is 24.0 Å². The van der Waals surface area contributed by atoms with Crippen LogP contribution in [0.2, 0.25) is 0 Å². The molecule has 0 aromatic heterocycles. The first-order valence-corrected chi connectivity index (χ1v) is 4.90. The van der Waals surface area contributed by atoms with Crippen LogP contribution >= 0.6 is 15.9 Å². The lowest BCUT2D eigenvalue weighted by atomic mass is 10.2.